The zero-order chi connectivity index (χ0) is 22.4. The minimum absolute atomic E-state index is 0.00730. The third-order valence-corrected chi connectivity index (χ3v) is 5.22. The van der Waals surface area contributed by atoms with Gasteiger partial charge in [-0.3, -0.25) is 4.79 Å². The van der Waals surface area contributed by atoms with Gasteiger partial charge in [0.15, 0.2) is 6.10 Å². The Balaban J connectivity index is 1.46. The minimum Gasteiger partial charge on any atom is -0.479 e. The van der Waals surface area contributed by atoms with Crippen LogP contribution >= 0.6 is 0 Å². The Morgan fingerprint density at radius 1 is 1.03 bits per heavy atom. The summed E-state index contributed by atoms with van der Waals surface area (Å²) in [7, 11) is 0. The minimum atomic E-state index is -1.52. The van der Waals surface area contributed by atoms with Crippen LogP contribution in [0.5, 0.6) is 0 Å². The maximum atomic E-state index is 12.2. The molecule has 0 saturated carbocycles. The van der Waals surface area contributed by atoms with Gasteiger partial charge in [-0.05, 0) is 29.2 Å². The van der Waals surface area contributed by atoms with Crippen molar-refractivity contribution in [1.82, 2.24) is 10.6 Å². The molecule has 0 spiro atoms. The number of hydrogen-bond donors (Lipinski definition) is 4. The molecule has 3 rings (SSSR count). The number of carboxylic acids is 1. The van der Waals surface area contributed by atoms with Gasteiger partial charge in [0.25, 0.3) is 0 Å². The molecule has 2 atom stereocenters. The van der Waals surface area contributed by atoms with Crippen LogP contribution in [0.25, 0.3) is 11.1 Å². The van der Waals surface area contributed by atoms with E-state index in [-0.39, 0.29) is 37.8 Å². The van der Waals surface area contributed by atoms with E-state index in [4.69, 9.17) is 9.84 Å². The Bertz CT molecular complexity index is 915. The second kappa shape index (κ2) is 10.1. The van der Waals surface area contributed by atoms with Gasteiger partial charge in [0.2, 0.25) is 5.91 Å². The molecule has 0 bridgehead atoms. The van der Waals surface area contributed by atoms with Gasteiger partial charge in [-0.15, -0.1) is 0 Å². The Hall–Kier alpha value is -3.39. The van der Waals surface area contributed by atoms with E-state index in [0.717, 1.165) is 22.3 Å². The van der Waals surface area contributed by atoms with Crippen LogP contribution in [0.2, 0.25) is 0 Å². The van der Waals surface area contributed by atoms with E-state index in [0.29, 0.717) is 0 Å². The molecule has 0 aromatic heterocycles. The summed E-state index contributed by atoms with van der Waals surface area (Å²) in [6.45, 7) is 1.89. The number of nitrogens with one attached hydrogen (secondary N) is 2. The molecule has 0 saturated heterocycles. The van der Waals surface area contributed by atoms with E-state index < -0.39 is 24.2 Å². The molecule has 164 valence electrons. The Morgan fingerprint density at radius 2 is 1.61 bits per heavy atom. The van der Waals surface area contributed by atoms with Gasteiger partial charge < -0.3 is 25.6 Å². The highest BCUT2D eigenvalue weighted by molar-refractivity contribution is 5.79. The first kappa shape index (κ1) is 22.3. The molecule has 8 nitrogen and oxygen atoms in total. The average molecular weight is 426 g/mol. The van der Waals surface area contributed by atoms with Gasteiger partial charge in [0, 0.05) is 31.3 Å². The number of aliphatic hydroxyl groups is 1. The number of ether oxygens (including phenoxy) is 1. The van der Waals surface area contributed by atoms with E-state index in [9.17, 15) is 19.5 Å². The summed E-state index contributed by atoms with van der Waals surface area (Å²) in [4.78, 5) is 34.7. The van der Waals surface area contributed by atoms with Crippen molar-refractivity contribution in [2.24, 2.45) is 0 Å². The number of hydrogen-bond acceptors (Lipinski definition) is 5. The first-order valence-corrected chi connectivity index (χ1v) is 10.2. The molecule has 0 aliphatic heterocycles. The summed E-state index contributed by atoms with van der Waals surface area (Å²) in [6, 6.07) is 15.6. The first-order valence-electron chi connectivity index (χ1n) is 10.2. The molecule has 2 amide bonds. The highest BCUT2D eigenvalue weighted by Crippen LogP contribution is 2.44. The number of carboxylic acid groups (broad SMARTS) is 1. The Labute approximate surface area is 180 Å². The zero-order valence-electron chi connectivity index (χ0n) is 17.2. The maximum absolute atomic E-state index is 12.2. The molecule has 1 aliphatic carbocycles. The average Bonchev–Trinajstić information content (AvgIpc) is 3.05. The van der Waals surface area contributed by atoms with Crippen LogP contribution in [0, 0.1) is 0 Å². The maximum Gasteiger partial charge on any atom is 0.407 e. The Kier molecular flexibility index (Phi) is 7.25. The van der Waals surface area contributed by atoms with Crippen molar-refractivity contribution in [3.63, 3.8) is 0 Å². The van der Waals surface area contributed by atoms with Crippen molar-refractivity contribution >= 4 is 18.0 Å². The molecule has 4 N–H and O–H groups in total. The standard InChI is InChI=1S/C23H26N2O6/c1-14(12-21(27)24-11-10-20(26)22(28)29)25-23(30)31-13-19-17-8-4-2-6-15(17)16-7-3-5-9-18(16)19/h2-9,14,19-20,26H,10-13H2,1H3,(H,24,27)(H,25,30)(H,28,29)/t14-,20?/m0/s1. The topological polar surface area (TPSA) is 125 Å². The molecular formula is C23H26N2O6. The number of aliphatic carboxylic acids is 1. The molecular weight excluding hydrogens is 400 g/mol. The molecule has 31 heavy (non-hydrogen) atoms. The van der Waals surface area contributed by atoms with Crippen molar-refractivity contribution in [1.29, 1.82) is 0 Å². The van der Waals surface area contributed by atoms with Crippen LogP contribution in [0.15, 0.2) is 48.5 Å². The number of rotatable bonds is 9. The third-order valence-electron chi connectivity index (χ3n) is 5.22. The van der Waals surface area contributed by atoms with Crippen molar-refractivity contribution in [2.75, 3.05) is 13.2 Å². The smallest absolute Gasteiger partial charge is 0.407 e. The van der Waals surface area contributed by atoms with Crippen LogP contribution in [0.1, 0.15) is 36.8 Å². The number of carbonyl (C=O) groups excluding carboxylic acids is 2. The summed E-state index contributed by atoms with van der Waals surface area (Å²) in [5.74, 6) is -1.74. The van der Waals surface area contributed by atoms with Gasteiger partial charge in [-0.25, -0.2) is 9.59 Å². The van der Waals surface area contributed by atoms with Gasteiger partial charge in [0.05, 0.1) is 0 Å². The largest absolute Gasteiger partial charge is 0.479 e. The van der Waals surface area contributed by atoms with Gasteiger partial charge >= 0.3 is 12.1 Å². The van der Waals surface area contributed by atoms with Crippen molar-refractivity contribution in [3.05, 3.63) is 59.7 Å². The first-order chi connectivity index (χ1) is 14.9. The number of benzene rings is 2. The molecule has 8 heteroatoms. The number of fused-ring (bicyclic) bond motifs is 3. The molecule has 1 unspecified atom stereocenters. The molecule has 0 fully saturated rings. The number of carbonyl (C=O) groups is 3. The summed E-state index contributed by atoms with van der Waals surface area (Å²) in [6.07, 6.45) is -2.21. The molecule has 2 aromatic carbocycles. The summed E-state index contributed by atoms with van der Waals surface area (Å²) in [5, 5.41) is 22.9. The van der Waals surface area contributed by atoms with E-state index in [1.165, 1.54) is 0 Å². The highest BCUT2D eigenvalue weighted by Gasteiger charge is 2.29. The van der Waals surface area contributed by atoms with Crippen LogP contribution in [-0.4, -0.2) is 53.5 Å². The highest BCUT2D eigenvalue weighted by atomic mass is 16.5. The Morgan fingerprint density at radius 3 is 2.19 bits per heavy atom. The van der Waals surface area contributed by atoms with Gasteiger partial charge in [-0.1, -0.05) is 48.5 Å². The van der Waals surface area contributed by atoms with Crippen LogP contribution in [-0.2, 0) is 14.3 Å². The third kappa shape index (κ3) is 5.61. The van der Waals surface area contributed by atoms with Crippen LogP contribution in [0.3, 0.4) is 0 Å². The monoisotopic (exact) mass is 426 g/mol. The second-order valence-corrected chi connectivity index (χ2v) is 7.57. The fourth-order valence-corrected chi connectivity index (χ4v) is 3.71. The lowest BCUT2D eigenvalue weighted by molar-refractivity contribution is -0.147. The fourth-order valence-electron chi connectivity index (χ4n) is 3.71. The molecule has 1 aliphatic rings. The zero-order valence-corrected chi connectivity index (χ0v) is 17.2. The number of aliphatic hydroxyl groups excluding tert-OH is 1. The van der Waals surface area contributed by atoms with Crippen LogP contribution < -0.4 is 10.6 Å². The van der Waals surface area contributed by atoms with Crippen molar-refractivity contribution in [2.45, 2.75) is 37.8 Å². The van der Waals surface area contributed by atoms with E-state index >= 15 is 0 Å². The predicted molar refractivity (Wildman–Crippen MR) is 114 cm³/mol. The van der Waals surface area contributed by atoms with Gasteiger partial charge in [0.1, 0.15) is 6.61 Å². The lowest BCUT2D eigenvalue weighted by Crippen LogP contribution is -2.38. The van der Waals surface area contributed by atoms with Crippen molar-refractivity contribution in [3.8, 4) is 11.1 Å². The summed E-state index contributed by atoms with van der Waals surface area (Å²) < 4.78 is 5.45. The molecule has 0 radical (unpaired) electrons. The fraction of sp³-hybridized carbons (Fsp3) is 0.348. The van der Waals surface area contributed by atoms with E-state index in [2.05, 4.69) is 22.8 Å². The molecule has 0 heterocycles. The van der Waals surface area contributed by atoms with Gasteiger partial charge in [-0.2, -0.15) is 0 Å². The number of alkyl carbamates (subject to hydrolysis) is 1. The lowest BCUT2D eigenvalue weighted by Gasteiger charge is -2.17. The van der Waals surface area contributed by atoms with Crippen LogP contribution in [0.4, 0.5) is 4.79 Å². The summed E-state index contributed by atoms with van der Waals surface area (Å²) >= 11 is 0. The van der Waals surface area contributed by atoms with Crippen molar-refractivity contribution < 1.29 is 29.3 Å². The predicted octanol–water partition coefficient (Wildman–Crippen LogP) is 2.26. The normalized spacial score (nSPS) is 14.1. The molecule has 2 aromatic rings. The summed E-state index contributed by atoms with van der Waals surface area (Å²) in [5.41, 5.74) is 4.52. The van der Waals surface area contributed by atoms with E-state index in [1.807, 2.05) is 36.4 Å². The lowest BCUT2D eigenvalue weighted by atomic mass is 9.98. The quantitative estimate of drug-likeness (QED) is 0.487. The van der Waals surface area contributed by atoms with E-state index in [1.54, 1.807) is 6.92 Å². The second-order valence-electron chi connectivity index (χ2n) is 7.57. The SMILES string of the molecule is C[C@@H](CC(=O)NCCC(O)C(=O)O)NC(=O)OCC1c2ccccc2-c2ccccc21. The number of amides is 2.